The van der Waals surface area contributed by atoms with Crippen LogP contribution >= 0.6 is 11.3 Å². The van der Waals surface area contributed by atoms with E-state index >= 15 is 0 Å². The molecule has 0 radical (unpaired) electrons. The SMILES string of the molecule is O=C(CCNS(=O)(=O)c1cccs1)Nc1ccc(N2CCCC2)nc1. The number of sulfonamides is 1. The van der Waals surface area contributed by atoms with Gasteiger partial charge in [0.25, 0.3) is 0 Å². The summed E-state index contributed by atoms with van der Waals surface area (Å²) in [6.45, 7) is 2.08. The number of nitrogens with zero attached hydrogens (tertiary/aromatic N) is 2. The molecule has 3 heterocycles. The number of carbonyl (C=O) groups excluding carboxylic acids is 1. The van der Waals surface area contributed by atoms with Crippen molar-refractivity contribution in [3.05, 3.63) is 35.8 Å². The van der Waals surface area contributed by atoms with Gasteiger partial charge in [-0.05, 0) is 36.4 Å². The summed E-state index contributed by atoms with van der Waals surface area (Å²) in [6, 6.07) is 6.90. The van der Waals surface area contributed by atoms with Gasteiger partial charge >= 0.3 is 0 Å². The van der Waals surface area contributed by atoms with Gasteiger partial charge in [0.2, 0.25) is 15.9 Å². The van der Waals surface area contributed by atoms with Gasteiger partial charge in [-0.1, -0.05) is 6.07 Å². The number of amides is 1. The molecule has 1 fully saturated rings. The Morgan fingerprint density at radius 3 is 2.68 bits per heavy atom. The minimum absolute atomic E-state index is 0.0470. The maximum Gasteiger partial charge on any atom is 0.250 e. The maximum absolute atomic E-state index is 11.9. The second-order valence-electron chi connectivity index (χ2n) is 5.73. The van der Waals surface area contributed by atoms with Crippen LogP contribution in [0.25, 0.3) is 0 Å². The lowest BCUT2D eigenvalue weighted by Crippen LogP contribution is -2.27. The summed E-state index contributed by atoms with van der Waals surface area (Å²) in [5, 5.41) is 4.42. The highest BCUT2D eigenvalue weighted by molar-refractivity contribution is 7.91. The van der Waals surface area contributed by atoms with Crippen LogP contribution in [-0.4, -0.2) is 38.9 Å². The standard InChI is InChI=1S/C16H20N4O3S2/c21-15(7-8-18-25(22,23)16-4-3-11-24-16)19-13-5-6-14(17-12-13)20-9-1-2-10-20/h3-6,11-12,18H,1-2,7-10H2,(H,19,21). The van der Waals surface area contributed by atoms with Gasteiger partial charge in [0.1, 0.15) is 10.0 Å². The van der Waals surface area contributed by atoms with Gasteiger partial charge in [-0.3, -0.25) is 4.79 Å². The van der Waals surface area contributed by atoms with Gasteiger partial charge in [-0.2, -0.15) is 0 Å². The first kappa shape index (κ1) is 17.8. The Morgan fingerprint density at radius 1 is 1.24 bits per heavy atom. The lowest BCUT2D eigenvalue weighted by Gasteiger charge is -2.16. The van der Waals surface area contributed by atoms with Crippen molar-refractivity contribution in [2.45, 2.75) is 23.5 Å². The Bertz CT molecular complexity index is 798. The molecule has 0 atom stereocenters. The molecule has 0 aromatic carbocycles. The van der Waals surface area contributed by atoms with Gasteiger partial charge in [-0.25, -0.2) is 18.1 Å². The molecule has 3 rings (SSSR count). The van der Waals surface area contributed by atoms with Gasteiger partial charge in [0, 0.05) is 26.1 Å². The molecule has 1 amide bonds. The van der Waals surface area contributed by atoms with E-state index < -0.39 is 10.0 Å². The molecule has 0 saturated carbocycles. The third kappa shape index (κ3) is 4.77. The average molecular weight is 380 g/mol. The van der Waals surface area contributed by atoms with Crippen LogP contribution < -0.4 is 14.9 Å². The first-order valence-corrected chi connectivity index (χ1v) is 10.4. The molecule has 7 nitrogen and oxygen atoms in total. The number of anilines is 2. The van der Waals surface area contributed by atoms with E-state index in [1.54, 1.807) is 17.6 Å². The first-order valence-electron chi connectivity index (χ1n) is 8.09. The number of thiophene rings is 1. The molecule has 2 aromatic rings. The summed E-state index contributed by atoms with van der Waals surface area (Å²) in [6.07, 6.45) is 4.04. The lowest BCUT2D eigenvalue weighted by atomic mass is 10.3. The van der Waals surface area contributed by atoms with E-state index in [4.69, 9.17) is 0 Å². The van der Waals surface area contributed by atoms with E-state index in [9.17, 15) is 13.2 Å². The molecule has 0 spiro atoms. The van der Waals surface area contributed by atoms with Crippen molar-refractivity contribution >= 4 is 38.8 Å². The number of pyridine rings is 1. The van der Waals surface area contributed by atoms with Crippen molar-refractivity contribution in [3.63, 3.8) is 0 Å². The Kier molecular flexibility index (Phi) is 5.67. The van der Waals surface area contributed by atoms with Gasteiger partial charge in [-0.15, -0.1) is 11.3 Å². The maximum atomic E-state index is 11.9. The van der Waals surface area contributed by atoms with Crippen molar-refractivity contribution in [2.24, 2.45) is 0 Å². The number of aromatic nitrogens is 1. The summed E-state index contributed by atoms with van der Waals surface area (Å²) >= 11 is 1.14. The summed E-state index contributed by atoms with van der Waals surface area (Å²) in [5.74, 6) is 0.656. The molecule has 1 aliphatic heterocycles. The fourth-order valence-corrected chi connectivity index (χ4v) is 4.67. The smallest absolute Gasteiger partial charge is 0.250 e. The van der Waals surface area contributed by atoms with Crippen molar-refractivity contribution < 1.29 is 13.2 Å². The highest BCUT2D eigenvalue weighted by atomic mass is 32.2. The Labute approximate surface area is 151 Å². The number of nitrogens with one attached hydrogen (secondary N) is 2. The second kappa shape index (κ2) is 7.94. The largest absolute Gasteiger partial charge is 0.357 e. The molecule has 0 unspecified atom stereocenters. The number of hydrogen-bond acceptors (Lipinski definition) is 6. The van der Waals surface area contributed by atoms with Crippen LogP contribution in [0.3, 0.4) is 0 Å². The molecule has 2 N–H and O–H groups in total. The molecule has 2 aromatic heterocycles. The van der Waals surface area contributed by atoms with Crippen LogP contribution in [0.2, 0.25) is 0 Å². The van der Waals surface area contributed by atoms with Crippen LogP contribution in [0.4, 0.5) is 11.5 Å². The van der Waals surface area contributed by atoms with E-state index in [2.05, 4.69) is 19.9 Å². The molecule has 25 heavy (non-hydrogen) atoms. The summed E-state index contributed by atoms with van der Waals surface area (Å²) in [5.41, 5.74) is 0.606. The van der Waals surface area contributed by atoms with Gasteiger partial charge < -0.3 is 10.2 Å². The Morgan fingerprint density at radius 2 is 2.04 bits per heavy atom. The quantitative estimate of drug-likeness (QED) is 0.767. The number of rotatable bonds is 7. The third-order valence-electron chi connectivity index (χ3n) is 3.87. The topological polar surface area (TPSA) is 91.4 Å². The summed E-state index contributed by atoms with van der Waals surface area (Å²) < 4.78 is 26.6. The van der Waals surface area contributed by atoms with Crippen LogP contribution in [0.15, 0.2) is 40.1 Å². The second-order valence-corrected chi connectivity index (χ2v) is 8.67. The van der Waals surface area contributed by atoms with Crippen molar-refractivity contribution in [3.8, 4) is 0 Å². The van der Waals surface area contributed by atoms with Crippen LogP contribution in [-0.2, 0) is 14.8 Å². The first-order chi connectivity index (χ1) is 12.0. The van der Waals surface area contributed by atoms with E-state index in [0.29, 0.717) is 5.69 Å². The number of carbonyl (C=O) groups is 1. The molecular formula is C16H20N4O3S2. The van der Waals surface area contributed by atoms with Gasteiger partial charge in [0.05, 0.1) is 11.9 Å². The zero-order chi connectivity index (χ0) is 17.7. The molecular weight excluding hydrogens is 360 g/mol. The molecule has 1 aliphatic rings. The fourth-order valence-electron chi connectivity index (χ4n) is 2.60. The molecule has 9 heteroatoms. The summed E-state index contributed by atoms with van der Waals surface area (Å²) in [4.78, 5) is 18.5. The predicted octanol–water partition coefficient (Wildman–Crippen LogP) is 2.05. The Hall–Kier alpha value is -1.97. The predicted molar refractivity (Wildman–Crippen MR) is 98.4 cm³/mol. The van der Waals surface area contributed by atoms with Gasteiger partial charge in [0.15, 0.2) is 0 Å². The van der Waals surface area contributed by atoms with Crippen molar-refractivity contribution in [2.75, 3.05) is 29.9 Å². The van der Waals surface area contributed by atoms with Crippen LogP contribution in [0, 0.1) is 0 Å². The zero-order valence-electron chi connectivity index (χ0n) is 13.6. The normalized spacial score (nSPS) is 14.6. The van der Waals surface area contributed by atoms with E-state index in [1.807, 2.05) is 12.1 Å². The Balaban J connectivity index is 1.46. The van der Waals surface area contributed by atoms with Crippen LogP contribution in [0.1, 0.15) is 19.3 Å². The molecule has 0 bridgehead atoms. The minimum Gasteiger partial charge on any atom is -0.357 e. The molecule has 134 valence electrons. The summed E-state index contributed by atoms with van der Waals surface area (Å²) in [7, 11) is -3.53. The highest BCUT2D eigenvalue weighted by Crippen LogP contribution is 2.19. The molecule has 1 saturated heterocycles. The third-order valence-corrected chi connectivity index (χ3v) is 6.72. The van der Waals surface area contributed by atoms with E-state index in [-0.39, 0.29) is 23.1 Å². The average Bonchev–Trinajstić information content (AvgIpc) is 3.29. The number of hydrogen-bond donors (Lipinski definition) is 2. The molecule has 0 aliphatic carbocycles. The van der Waals surface area contributed by atoms with Crippen molar-refractivity contribution in [1.82, 2.24) is 9.71 Å². The van der Waals surface area contributed by atoms with E-state index in [1.165, 1.54) is 18.9 Å². The van der Waals surface area contributed by atoms with Crippen LogP contribution in [0.5, 0.6) is 0 Å². The zero-order valence-corrected chi connectivity index (χ0v) is 15.3. The highest BCUT2D eigenvalue weighted by Gasteiger charge is 2.15. The van der Waals surface area contributed by atoms with E-state index in [0.717, 1.165) is 30.2 Å². The van der Waals surface area contributed by atoms with Crippen molar-refractivity contribution in [1.29, 1.82) is 0 Å². The fraction of sp³-hybridized carbons (Fsp3) is 0.375. The monoisotopic (exact) mass is 380 g/mol. The lowest BCUT2D eigenvalue weighted by molar-refractivity contribution is -0.116. The minimum atomic E-state index is -3.53.